The third-order valence-corrected chi connectivity index (χ3v) is 4.54. The summed E-state index contributed by atoms with van der Waals surface area (Å²) in [5.74, 6) is 0.931. The van der Waals surface area contributed by atoms with Gasteiger partial charge in [0, 0.05) is 37.6 Å². The van der Waals surface area contributed by atoms with Gasteiger partial charge in [-0.2, -0.15) is 0 Å². The van der Waals surface area contributed by atoms with Crippen molar-refractivity contribution < 1.29 is 0 Å². The molecule has 4 nitrogen and oxygen atoms in total. The predicted octanol–water partition coefficient (Wildman–Crippen LogP) is 2.92. The Hall–Kier alpha value is -2.23. The zero-order chi connectivity index (χ0) is 15.7. The fourth-order valence-electron chi connectivity index (χ4n) is 3.04. The van der Waals surface area contributed by atoms with Gasteiger partial charge < -0.3 is 15.5 Å². The van der Waals surface area contributed by atoms with Gasteiger partial charge in [0.05, 0.1) is 5.69 Å². The van der Waals surface area contributed by atoms with Crippen molar-refractivity contribution in [2.45, 2.75) is 20.8 Å². The number of aromatic nitrogens is 1. The molecule has 1 fully saturated rings. The molecule has 0 spiro atoms. The van der Waals surface area contributed by atoms with Crippen LogP contribution in [0, 0.1) is 20.8 Å². The van der Waals surface area contributed by atoms with Crippen LogP contribution in [0.15, 0.2) is 30.3 Å². The van der Waals surface area contributed by atoms with Gasteiger partial charge in [0.2, 0.25) is 0 Å². The second-order valence-electron chi connectivity index (χ2n) is 6.06. The Bertz CT molecular complexity index is 663. The van der Waals surface area contributed by atoms with Crippen LogP contribution < -0.4 is 15.5 Å². The zero-order valence-corrected chi connectivity index (χ0v) is 13.6. The minimum absolute atomic E-state index is 0.769. The molecule has 0 atom stereocenters. The molecular weight excluding hydrogens is 272 g/mol. The van der Waals surface area contributed by atoms with E-state index in [9.17, 15) is 0 Å². The molecule has 1 aliphatic rings. The van der Waals surface area contributed by atoms with E-state index in [0.717, 1.165) is 43.4 Å². The number of nitrogens with zero attached hydrogens (tertiary/aromatic N) is 3. The minimum Gasteiger partial charge on any atom is -0.396 e. The van der Waals surface area contributed by atoms with E-state index >= 15 is 0 Å². The van der Waals surface area contributed by atoms with Crippen LogP contribution in [-0.2, 0) is 0 Å². The molecule has 22 heavy (non-hydrogen) atoms. The van der Waals surface area contributed by atoms with Crippen LogP contribution in [0.25, 0.3) is 0 Å². The van der Waals surface area contributed by atoms with Gasteiger partial charge in [-0.3, -0.25) is 0 Å². The summed E-state index contributed by atoms with van der Waals surface area (Å²) in [7, 11) is 0. The van der Waals surface area contributed by atoms with Gasteiger partial charge >= 0.3 is 0 Å². The Balaban J connectivity index is 1.75. The van der Waals surface area contributed by atoms with E-state index in [0.29, 0.717) is 0 Å². The van der Waals surface area contributed by atoms with Gasteiger partial charge in [0.15, 0.2) is 5.82 Å². The Labute approximate surface area is 132 Å². The van der Waals surface area contributed by atoms with Crippen LogP contribution in [0.4, 0.5) is 17.2 Å². The van der Waals surface area contributed by atoms with Crippen molar-refractivity contribution >= 4 is 17.2 Å². The highest BCUT2D eigenvalue weighted by molar-refractivity contribution is 5.64. The van der Waals surface area contributed by atoms with Crippen molar-refractivity contribution in [1.29, 1.82) is 0 Å². The lowest BCUT2D eigenvalue weighted by Crippen LogP contribution is -2.47. The summed E-state index contributed by atoms with van der Waals surface area (Å²) < 4.78 is 0. The van der Waals surface area contributed by atoms with Gasteiger partial charge in [-0.15, -0.1) is 0 Å². The maximum Gasteiger partial charge on any atom is 0.152 e. The van der Waals surface area contributed by atoms with E-state index in [-0.39, 0.29) is 0 Å². The van der Waals surface area contributed by atoms with Crippen molar-refractivity contribution in [3.63, 3.8) is 0 Å². The highest BCUT2D eigenvalue weighted by Gasteiger charge is 2.21. The largest absolute Gasteiger partial charge is 0.396 e. The number of pyridine rings is 1. The number of anilines is 3. The monoisotopic (exact) mass is 296 g/mol. The number of rotatable bonds is 2. The van der Waals surface area contributed by atoms with E-state index in [1.807, 2.05) is 19.1 Å². The summed E-state index contributed by atoms with van der Waals surface area (Å²) in [5, 5.41) is 0. The second kappa shape index (κ2) is 5.87. The number of nitrogens with two attached hydrogens (primary N) is 1. The summed E-state index contributed by atoms with van der Waals surface area (Å²) in [4.78, 5) is 9.37. The average Bonchev–Trinajstić information content (AvgIpc) is 2.53. The maximum atomic E-state index is 6.09. The van der Waals surface area contributed by atoms with Crippen molar-refractivity contribution in [3.8, 4) is 0 Å². The first-order valence-corrected chi connectivity index (χ1v) is 7.85. The molecule has 0 amide bonds. The van der Waals surface area contributed by atoms with Crippen LogP contribution in [0.1, 0.15) is 16.8 Å². The molecule has 116 valence electrons. The molecular formula is C18H24N4. The Kier molecular flexibility index (Phi) is 3.92. The minimum atomic E-state index is 0.769. The van der Waals surface area contributed by atoms with E-state index in [1.165, 1.54) is 16.8 Å². The SMILES string of the molecule is Cc1ccc(N)c(N2CCN(c3cccc(C)c3C)CC2)n1. The van der Waals surface area contributed by atoms with Crippen molar-refractivity contribution in [3.05, 3.63) is 47.2 Å². The van der Waals surface area contributed by atoms with Crippen LogP contribution in [0.3, 0.4) is 0 Å². The topological polar surface area (TPSA) is 45.4 Å². The van der Waals surface area contributed by atoms with Crippen LogP contribution >= 0.6 is 0 Å². The molecule has 0 bridgehead atoms. The lowest BCUT2D eigenvalue weighted by Gasteiger charge is -2.38. The first-order chi connectivity index (χ1) is 10.6. The van der Waals surface area contributed by atoms with Gasteiger partial charge in [-0.05, 0) is 50.1 Å². The fourth-order valence-corrected chi connectivity index (χ4v) is 3.04. The van der Waals surface area contributed by atoms with E-state index < -0.39 is 0 Å². The first kappa shape index (κ1) is 14.7. The highest BCUT2D eigenvalue weighted by Crippen LogP contribution is 2.26. The molecule has 3 rings (SSSR count). The Morgan fingerprint density at radius 2 is 1.59 bits per heavy atom. The molecule has 0 unspecified atom stereocenters. The molecule has 0 aliphatic carbocycles. The molecule has 0 radical (unpaired) electrons. The summed E-state index contributed by atoms with van der Waals surface area (Å²) in [6.07, 6.45) is 0. The summed E-state index contributed by atoms with van der Waals surface area (Å²) in [6.45, 7) is 10.3. The van der Waals surface area contributed by atoms with Crippen molar-refractivity contribution in [1.82, 2.24) is 4.98 Å². The Morgan fingerprint density at radius 3 is 2.32 bits per heavy atom. The maximum absolute atomic E-state index is 6.09. The van der Waals surface area contributed by atoms with Gasteiger partial charge in [0.1, 0.15) is 0 Å². The molecule has 1 aromatic carbocycles. The molecule has 2 aromatic rings. The number of piperazine rings is 1. The lowest BCUT2D eigenvalue weighted by molar-refractivity contribution is 0.646. The number of hydrogen-bond acceptors (Lipinski definition) is 4. The molecule has 2 heterocycles. The van der Waals surface area contributed by atoms with Crippen molar-refractivity contribution in [2.75, 3.05) is 41.7 Å². The number of hydrogen-bond donors (Lipinski definition) is 1. The van der Waals surface area contributed by atoms with E-state index in [2.05, 4.69) is 46.8 Å². The Morgan fingerprint density at radius 1 is 0.909 bits per heavy atom. The number of nitrogen functional groups attached to an aromatic ring is 1. The van der Waals surface area contributed by atoms with Gasteiger partial charge in [-0.25, -0.2) is 4.98 Å². The lowest BCUT2D eigenvalue weighted by atomic mass is 10.1. The first-order valence-electron chi connectivity index (χ1n) is 7.85. The normalized spacial score (nSPS) is 15.2. The quantitative estimate of drug-likeness (QED) is 0.925. The smallest absolute Gasteiger partial charge is 0.152 e. The second-order valence-corrected chi connectivity index (χ2v) is 6.06. The fraction of sp³-hybridized carbons (Fsp3) is 0.389. The van der Waals surface area contributed by atoms with Crippen LogP contribution in [0.2, 0.25) is 0 Å². The number of aryl methyl sites for hydroxylation is 2. The molecule has 1 aliphatic heterocycles. The third-order valence-electron chi connectivity index (χ3n) is 4.54. The summed E-state index contributed by atoms with van der Waals surface area (Å²) >= 11 is 0. The molecule has 1 saturated heterocycles. The average molecular weight is 296 g/mol. The van der Waals surface area contributed by atoms with E-state index in [4.69, 9.17) is 5.73 Å². The standard InChI is InChI=1S/C18H24N4/c1-13-5-4-6-17(15(13)3)21-9-11-22(12-10-21)18-16(19)8-7-14(2)20-18/h4-8H,9-12,19H2,1-3H3. The van der Waals surface area contributed by atoms with Crippen LogP contribution in [0.5, 0.6) is 0 Å². The molecule has 4 heteroatoms. The summed E-state index contributed by atoms with van der Waals surface area (Å²) in [5.41, 5.74) is 12.0. The predicted molar refractivity (Wildman–Crippen MR) is 93.7 cm³/mol. The summed E-state index contributed by atoms with van der Waals surface area (Å²) in [6, 6.07) is 10.5. The highest BCUT2D eigenvalue weighted by atomic mass is 15.3. The molecule has 0 saturated carbocycles. The zero-order valence-electron chi connectivity index (χ0n) is 13.6. The van der Waals surface area contributed by atoms with Gasteiger partial charge in [0.25, 0.3) is 0 Å². The molecule has 2 N–H and O–H groups in total. The van der Waals surface area contributed by atoms with E-state index in [1.54, 1.807) is 0 Å². The van der Waals surface area contributed by atoms with Crippen LogP contribution in [-0.4, -0.2) is 31.2 Å². The number of benzene rings is 1. The van der Waals surface area contributed by atoms with Gasteiger partial charge in [-0.1, -0.05) is 12.1 Å². The third kappa shape index (κ3) is 2.73. The van der Waals surface area contributed by atoms with Crippen molar-refractivity contribution in [2.24, 2.45) is 0 Å². The molecule has 1 aromatic heterocycles.